The molecule has 0 atom stereocenters. The van der Waals surface area contributed by atoms with Crippen LogP contribution in [0.15, 0.2) is 54.2 Å². The van der Waals surface area contributed by atoms with Crippen molar-refractivity contribution in [2.75, 3.05) is 58.9 Å². The lowest BCUT2D eigenvalue weighted by atomic mass is 10.0. The number of nitrogens with zero attached hydrogens (tertiary/aromatic N) is 2. The summed E-state index contributed by atoms with van der Waals surface area (Å²) in [7, 11) is 3.13. The maximum atomic E-state index is 13.5. The van der Waals surface area contributed by atoms with E-state index in [9.17, 15) is 9.59 Å². The number of para-hydroxylation sites is 1. The van der Waals surface area contributed by atoms with E-state index < -0.39 is 0 Å². The average Bonchev–Trinajstić information content (AvgIpc) is 3.08. The van der Waals surface area contributed by atoms with Gasteiger partial charge in [0, 0.05) is 43.5 Å². The summed E-state index contributed by atoms with van der Waals surface area (Å²) in [5.74, 6) is 0.523. The van der Waals surface area contributed by atoms with E-state index >= 15 is 0 Å². The molecule has 2 aliphatic heterocycles. The molecular weight excluding hydrogens is 422 g/mol. The Bertz CT molecular complexity index is 1050. The van der Waals surface area contributed by atoms with Crippen LogP contribution in [0.1, 0.15) is 12.0 Å². The van der Waals surface area contributed by atoms with Crippen LogP contribution in [0.4, 0.5) is 5.69 Å². The molecule has 2 heterocycles. The largest absolute Gasteiger partial charge is 0.497 e. The van der Waals surface area contributed by atoms with Crippen LogP contribution in [0.2, 0.25) is 0 Å². The molecule has 0 aliphatic carbocycles. The fourth-order valence-corrected chi connectivity index (χ4v) is 4.12. The summed E-state index contributed by atoms with van der Waals surface area (Å²) in [5.41, 5.74) is 1.79. The number of morpholine rings is 1. The van der Waals surface area contributed by atoms with Crippen molar-refractivity contribution in [3.05, 3.63) is 59.8 Å². The van der Waals surface area contributed by atoms with Crippen molar-refractivity contribution in [1.82, 2.24) is 9.80 Å². The Balaban J connectivity index is 1.61. The second-order valence-electron chi connectivity index (χ2n) is 7.88. The van der Waals surface area contributed by atoms with Crippen LogP contribution in [-0.2, 0) is 14.3 Å². The molecule has 4 rings (SSSR count). The second-order valence-corrected chi connectivity index (χ2v) is 7.88. The quantitative estimate of drug-likeness (QED) is 0.587. The van der Waals surface area contributed by atoms with Crippen LogP contribution in [0, 0.1) is 0 Å². The molecule has 2 aliphatic rings. The van der Waals surface area contributed by atoms with E-state index in [0.29, 0.717) is 41.3 Å². The lowest BCUT2D eigenvalue weighted by Gasteiger charge is -2.27. The van der Waals surface area contributed by atoms with Crippen molar-refractivity contribution in [2.24, 2.45) is 0 Å². The fraction of sp³-hybridized carbons (Fsp3) is 0.360. The number of ether oxygens (including phenoxy) is 3. The highest BCUT2D eigenvalue weighted by Gasteiger charge is 2.40. The van der Waals surface area contributed by atoms with Gasteiger partial charge in [-0.1, -0.05) is 24.3 Å². The third-order valence-electron chi connectivity index (χ3n) is 5.84. The number of carbonyl (C=O) groups is 2. The highest BCUT2D eigenvalue weighted by molar-refractivity contribution is 6.37. The molecule has 0 bridgehead atoms. The first-order valence-electron chi connectivity index (χ1n) is 11.1. The number of amides is 2. The first-order chi connectivity index (χ1) is 16.1. The number of anilines is 1. The normalized spacial score (nSPS) is 17.0. The molecule has 1 fully saturated rings. The van der Waals surface area contributed by atoms with Crippen LogP contribution >= 0.6 is 0 Å². The fourth-order valence-electron chi connectivity index (χ4n) is 4.12. The summed E-state index contributed by atoms with van der Waals surface area (Å²) in [5, 5.41) is 3.17. The van der Waals surface area contributed by atoms with Crippen LogP contribution in [-0.4, -0.2) is 75.2 Å². The van der Waals surface area contributed by atoms with Gasteiger partial charge in [0.05, 0.1) is 33.0 Å². The molecule has 174 valence electrons. The van der Waals surface area contributed by atoms with Gasteiger partial charge in [0.25, 0.3) is 11.8 Å². The van der Waals surface area contributed by atoms with E-state index in [4.69, 9.17) is 14.2 Å². The van der Waals surface area contributed by atoms with Crippen LogP contribution < -0.4 is 14.8 Å². The van der Waals surface area contributed by atoms with Crippen LogP contribution in [0.5, 0.6) is 11.5 Å². The summed E-state index contributed by atoms with van der Waals surface area (Å²) >= 11 is 0. The number of hydrogen-bond acceptors (Lipinski definition) is 7. The van der Waals surface area contributed by atoms with Gasteiger partial charge in [-0.05, 0) is 24.6 Å². The van der Waals surface area contributed by atoms with E-state index in [1.807, 2.05) is 30.3 Å². The highest BCUT2D eigenvalue weighted by atomic mass is 16.5. The number of imide groups is 1. The Kier molecular flexibility index (Phi) is 7.26. The zero-order valence-corrected chi connectivity index (χ0v) is 19.0. The highest BCUT2D eigenvalue weighted by Crippen LogP contribution is 2.35. The van der Waals surface area contributed by atoms with E-state index in [-0.39, 0.29) is 17.5 Å². The molecule has 0 aromatic heterocycles. The molecule has 2 amide bonds. The molecule has 1 N–H and O–H groups in total. The van der Waals surface area contributed by atoms with E-state index in [1.165, 1.54) is 4.90 Å². The van der Waals surface area contributed by atoms with Crippen LogP contribution in [0.3, 0.4) is 0 Å². The Hall–Kier alpha value is -3.36. The maximum absolute atomic E-state index is 13.5. The minimum Gasteiger partial charge on any atom is -0.497 e. The van der Waals surface area contributed by atoms with Crippen molar-refractivity contribution in [1.29, 1.82) is 0 Å². The lowest BCUT2D eigenvalue weighted by molar-refractivity contribution is -0.136. The Labute approximate surface area is 193 Å². The van der Waals surface area contributed by atoms with Crippen molar-refractivity contribution in [3.8, 4) is 11.5 Å². The molecule has 0 unspecified atom stereocenters. The molecule has 0 radical (unpaired) electrons. The van der Waals surface area contributed by atoms with Crippen molar-refractivity contribution < 1.29 is 23.8 Å². The van der Waals surface area contributed by atoms with Crippen molar-refractivity contribution in [2.45, 2.75) is 6.42 Å². The molecule has 33 heavy (non-hydrogen) atoms. The van der Waals surface area contributed by atoms with Gasteiger partial charge < -0.3 is 19.5 Å². The number of benzene rings is 2. The number of methoxy groups -OCH3 is 2. The zero-order chi connectivity index (χ0) is 23.2. The van der Waals surface area contributed by atoms with Crippen molar-refractivity contribution in [3.63, 3.8) is 0 Å². The van der Waals surface area contributed by atoms with Gasteiger partial charge in [0.15, 0.2) is 0 Å². The number of hydrogen-bond donors (Lipinski definition) is 1. The molecule has 8 heteroatoms. The summed E-state index contributed by atoms with van der Waals surface area (Å²) in [4.78, 5) is 30.5. The minimum atomic E-state index is -0.342. The third kappa shape index (κ3) is 5.02. The van der Waals surface area contributed by atoms with Crippen LogP contribution in [0.25, 0.3) is 5.57 Å². The van der Waals surface area contributed by atoms with Gasteiger partial charge in [0.1, 0.15) is 17.2 Å². The van der Waals surface area contributed by atoms with Gasteiger partial charge >= 0.3 is 0 Å². The SMILES string of the molecule is COc1cccc(NC2=C(c3ccccc3OC)C(=O)N(CCCN3CCOCC3)C2=O)c1. The Morgan fingerprint density at radius 1 is 0.939 bits per heavy atom. The Morgan fingerprint density at radius 3 is 2.48 bits per heavy atom. The van der Waals surface area contributed by atoms with E-state index in [2.05, 4.69) is 10.2 Å². The average molecular weight is 452 g/mol. The maximum Gasteiger partial charge on any atom is 0.278 e. The first-order valence-corrected chi connectivity index (χ1v) is 11.1. The Morgan fingerprint density at radius 2 is 1.73 bits per heavy atom. The van der Waals surface area contributed by atoms with Gasteiger partial charge in [-0.15, -0.1) is 0 Å². The van der Waals surface area contributed by atoms with Gasteiger partial charge in [-0.3, -0.25) is 19.4 Å². The molecule has 0 saturated carbocycles. The molecule has 8 nitrogen and oxygen atoms in total. The number of rotatable bonds is 9. The summed E-state index contributed by atoms with van der Waals surface area (Å²) < 4.78 is 16.2. The topological polar surface area (TPSA) is 80.3 Å². The summed E-state index contributed by atoms with van der Waals surface area (Å²) in [6.45, 7) is 4.33. The van der Waals surface area contributed by atoms with Gasteiger partial charge in [0.2, 0.25) is 0 Å². The monoisotopic (exact) mass is 451 g/mol. The van der Waals surface area contributed by atoms with Crippen molar-refractivity contribution >= 4 is 23.1 Å². The predicted octanol–water partition coefficient (Wildman–Crippen LogP) is 2.62. The number of nitrogens with one attached hydrogen (secondary N) is 1. The van der Waals surface area contributed by atoms with E-state index in [1.54, 1.807) is 32.4 Å². The third-order valence-corrected chi connectivity index (χ3v) is 5.84. The standard InChI is InChI=1S/C25H29N3O5/c1-31-19-8-5-7-18(17-19)26-23-22(20-9-3-4-10-21(20)32-2)24(29)28(25(23)30)12-6-11-27-13-15-33-16-14-27/h3-5,7-10,17,26H,6,11-16H2,1-2H3. The summed E-state index contributed by atoms with van der Waals surface area (Å²) in [6, 6.07) is 14.5. The lowest BCUT2D eigenvalue weighted by Crippen LogP contribution is -2.39. The molecule has 1 saturated heterocycles. The molecule has 2 aromatic carbocycles. The zero-order valence-electron chi connectivity index (χ0n) is 19.0. The van der Waals surface area contributed by atoms with E-state index in [0.717, 1.165) is 32.8 Å². The molecule has 0 spiro atoms. The number of carbonyl (C=O) groups excluding carboxylic acids is 2. The molecular formula is C25H29N3O5. The van der Waals surface area contributed by atoms with Gasteiger partial charge in [-0.25, -0.2) is 0 Å². The first kappa shape index (κ1) is 22.8. The smallest absolute Gasteiger partial charge is 0.278 e. The van der Waals surface area contributed by atoms with Gasteiger partial charge in [-0.2, -0.15) is 0 Å². The summed E-state index contributed by atoms with van der Waals surface area (Å²) in [6.07, 6.45) is 0.698. The minimum absolute atomic E-state index is 0.240. The second kappa shape index (κ2) is 10.5. The molecule has 2 aromatic rings. The predicted molar refractivity (Wildman–Crippen MR) is 125 cm³/mol.